The summed E-state index contributed by atoms with van der Waals surface area (Å²) in [5, 5.41) is 11.2. The molecule has 2 aliphatic heterocycles. The van der Waals surface area contributed by atoms with Gasteiger partial charge < -0.3 is 19.5 Å². The summed E-state index contributed by atoms with van der Waals surface area (Å²) in [6, 6.07) is 14.0. The first-order valence-electron chi connectivity index (χ1n) is 11.4. The van der Waals surface area contributed by atoms with Crippen LogP contribution < -0.4 is 4.74 Å². The van der Waals surface area contributed by atoms with Gasteiger partial charge >= 0.3 is 0 Å². The Morgan fingerprint density at radius 3 is 2.52 bits per heavy atom. The van der Waals surface area contributed by atoms with Crippen LogP contribution in [0.2, 0.25) is 0 Å². The van der Waals surface area contributed by atoms with Crippen LogP contribution in [-0.2, 0) is 20.7 Å². The Morgan fingerprint density at radius 1 is 1.18 bits per heavy atom. The van der Waals surface area contributed by atoms with Gasteiger partial charge in [-0.2, -0.15) is 0 Å². The predicted octanol–water partition coefficient (Wildman–Crippen LogP) is 4.41. The summed E-state index contributed by atoms with van der Waals surface area (Å²) in [7, 11) is 0. The van der Waals surface area contributed by atoms with Crippen molar-refractivity contribution in [1.82, 2.24) is 4.90 Å². The second kappa shape index (κ2) is 10.0. The Balaban J connectivity index is 1.74. The average Bonchev–Trinajstić information content (AvgIpc) is 3.45. The third-order valence-corrected chi connectivity index (χ3v) is 6.16. The van der Waals surface area contributed by atoms with Crippen LogP contribution in [0.15, 0.2) is 66.8 Å². The molecule has 2 aliphatic rings. The highest BCUT2D eigenvalue weighted by Crippen LogP contribution is 2.40. The zero-order valence-electron chi connectivity index (χ0n) is 18.8. The van der Waals surface area contributed by atoms with Crippen molar-refractivity contribution in [2.24, 2.45) is 0 Å². The quantitative estimate of drug-likeness (QED) is 0.281. The van der Waals surface area contributed by atoms with Crippen molar-refractivity contribution in [3.8, 4) is 5.75 Å². The van der Waals surface area contributed by atoms with E-state index >= 15 is 0 Å². The molecule has 6 heteroatoms. The number of aryl methyl sites for hydroxylation is 1. The number of carbonyl (C=O) groups excluding carboxylic acids is 2. The summed E-state index contributed by atoms with van der Waals surface area (Å²) in [4.78, 5) is 27.7. The summed E-state index contributed by atoms with van der Waals surface area (Å²) in [6.45, 7) is 7.04. The number of aliphatic hydroxyl groups excluding tert-OH is 1. The number of aliphatic hydroxyl groups is 1. The molecule has 0 radical (unpaired) electrons. The van der Waals surface area contributed by atoms with Gasteiger partial charge in [-0.1, -0.05) is 43.8 Å². The molecule has 2 atom stereocenters. The Bertz CT molecular complexity index is 1050. The fraction of sp³-hybridized carbons (Fsp3) is 0.333. The fourth-order valence-electron chi connectivity index (χ4n) is 4.38. The number of benzene rings is 2. The molecule has 4 rings (SSSR count). The maximum atomic E-state index is 13.1. The summed E-state index contributed by atoms with van der Waals surface area (Å²) in [5.74, 6) is -0.857. The Morgan fingerprint density at radius 2 is 1.91 bits per heavy atom. The molecular formula is C27H29NO5. The molecule has 0 bridgehead atoms. The van der Waals surface area contributed by atoms with Gasteiger partial charge in [0.25, 0.3) is 11.7 Å². The first-order valence-corrected chi connectivity index (χ1v) is 11.4. The van der Waals surface area contributed by atoms with Crippen LogP contribution in [0.1, 0.15) is 42.5 Å². The standard InChI is InChI=1S/C27H29NO5/c1-3-15-32-21-13-11-20(12-14-21)25(29)23-24(19-9-7-18(4-2)8-10-19)28(27(31)26(23)30)17-22-6-5-16-33-22/h3,7-14,22,24,29H,1,4-6,15-17H2,2H3/t22-,24+/m1/s1. The topological polar surface area (TPSA) is 76.1 Å². The second-order valence-corrected chi connectivity index (χ2v) is 8.31. The lowest BCUT2D eigenvalue weighted by Gasteiger charge is -2.27. The molecule has 0 aliphatic carbocycles. The summed E-state index contributed by atoms with van der Waals surface area (Å²) >= 11 is 0. The zero-order chi connectivity index (χ0) is 23.4. The fourth-order valence-corrected chi connectivity index (χ4v) is 4.38. The third-order valence-electron chi connectivity index (χ3n) is 6.16. The van der Waals surface area contributed by atoms with E-state index in [9.17, 15) is 14.7 Å². The number of likely N-dealkylation sites (tertiary alicyclic amines) is 1. The number of nitrogens with zero attached hydrogens (tertiary/aromatic N) is 1. The highest BCUT2D eigenvalue weighted by Gasteiger charge is 2.47. The lowest BCUT2D eigenvalue weighted by molar-refractivity contribution is -0.140. The Hall–Kier alpha value is -3.38. The van der Waals surface area contributed by atoms with Crippen LogP contribution in [-0.4, -0.2) is 47.6 Å². The predicted molar refractivity (Wildman–Crippen MR) is 126 cm³/mol. The van der Waals surface area contributed by atoms with E-state index in [1.165, 1.54) is 0 Å². The molecule has 172 valence electrons. The number of rotatable bonds is 8. The van der Waals surface area contributed by atoms with Gasteiger partial charge in [-0.05, 0) is 54.7 Å². The maximum Gasteiger partial charge on any atom is 0.295 e. The van der Waals surface area contributed by atoms with E-state index in [0.29, 0.717) is 31.1 Å². The van der Waals surface area contributed by atoms with Gasteiger partial charge in [-0.15, -0.1) is 0 Å². The maximum absolute atomic E-state index is 13.1. The summed E-state index contributed by atoms with van der Waals surface area (Å²) in [6.07, 6.45) is 4.20. The van der Waals surface area contributed by atoms with Gasteiger partial charge in [0, 0.05) is 18.7 Å². The minimum atomic E-state index is -0.679. The van der Waals surface area contributed by atoms with Crippen LogP contribution >= 0.6 is 0 Å². The van der Waals surface area contributed by atoms with Crippen molar-refractivity contribution < 1.29 is 24.2 Å². The van der Waals surface area contributed by atoms with E-state index in [1.54, 1.807) is 35.2 Å². The SMILES string of the molecule is C=CCOc1ccc(C(O)=C2C(=O)C(=O)N(C[C@H]3CCCO3)[C@H]2c2ccc(CC)cc2)cc1. The lowest BCUT2D eigenvalue weighted by Crippen LogP contribution is -2.36. The first-order chi connectivity index (χ1) is 16.0. The first kappa shape index (κ1) is 22.8. The van der Waals surface area contributed by atoms with Gasteiger partial charge in [-0.25, -0.2) is 0 Å². The smallest absolute Gasteiger partial charge is 0.295 e. The van der Waals surface area contributed by atoms with E-state index in [1.807, 2.05) is 24.3 Å². The van der Waals surface area contributed by atoms with E-state index in [-0.39, 0.29) is 17.4 Å². The van der Waals surface area contributed by atoms with Crippen molar-refractivity contribution in [2.45, 2.75) is 38.3 Å². The van der Waals surface area contributed by atoms with Crippen molar-refractivity contribution in [3.63, 3.8) is 0 Å². The van der Waals surface area contributed by atoms with Gasteiger partial charge in [0.2, 0.25) is 0 Å². The third kappa shape index (κ3) is 4.71. The minimum Gasteiger partial charge on any atom is -0.507 e. The Kier molecular flexibility index (Phi) is 6.94. The highest BCUT2D eigenvalue weighted by molar-refractivity contribution is 6.46. The summed E-state index contributed by atoms with van der Waals surface area (Å²) in [5.41, 5.74) is 2.50. The van der Waals surface area contributed by atoms with Crippen molar-refractivity contribution in [3.05, 3.63) is 83.4 Å². The normalized spacial score (nSPS) is 22.0. The molecule has 0 aromatic heterocycles. The molecule has 0 spiro atoms. The van der Waals surface area contributed by atoms with Crippen molar-refractivity contribution in [1.29, 1.82) is 0 Å². The van der Waals surface area contributed by atoms with Crippen LogP contribution in [0.5, 0.6) is 5.75 Å². The van der Waals surface area contributed by atoms with E-state index in [0.717, 1.165) is 30.4 Å². The molecular weight excluding hydrogens is 418 g/mol. The lowest BCUT2D eigenvalue weighted by atomic mass is 9.94. The average molecular weight is 448 g/mol. The molecule has 2 aromatic rings. The molecule has 0 saturated carbocycles. The highest BCUT2D eigenvalue weighted by atomic mass is 16.5. The van der Waals surface area contributed by atoms with E-state index < -0.39 is 17.7 Å². The Labute approximate surface area is 194 Å². The minimum absolute atomic E-state index is 0.0991. The molecule has 2 saturated heterocycles. The number of carbonyl (C=O) groups is 2. The molecule has 2 fully saturated rings. The second-order valence-electron chi connectivity index (χ2n) is 8.31. The summed E-state index contributed by atoms with van der Waals surface area (Å²) < 4.78 is 11.2. The number of hydrogen-bond acceptors (Lipinski definition) is 5. The monoisotopic (exact) mass is 447 g/mol. The molecule has 2 aromatic carbocycles. The van der Waals surface area contributed by atoms with E-state index in [4.69, 9.17) is 9.47 Å². The van der Waals surface area contributed by atoms with Crippen LogP contribution in [0.25, 0.3) is 5.76 Å². The van der Waals surface area contributed by atoms with Gasteiger partial charge in [0.05, 0.1) is 17.7 Å². The molecule has 6 nitrogen and oxygen atoms in total. The van der Waals surface area contributed by atoms with E-state index in [2.05, 4.69) is 13.5 Å². The largest absolute Gasteiger partial charge is 0.507 e. The van der Waals surface area contributed by atoms with Crippen LogP contribution in [0, 0.1) is 0 Å². The van der Waals surface area contributed by atoms with Gasteiger partial charge in [-0.3, -0.25) is 9.59 Å². The molecule has 2 heterocycles. The number of amides is 1. The molecule has 1 N–H and O–H groups in total. The number of Topliss-reactive ketones (excluding diaryl/α,β-unsaturated/α-hetero) is 1. The van der Waals surface area contributed by atoms with Crippen molar-refractivity contribution >= 4 is 17.4 Å². The van der Waals surface area contributed by atoms with Gasteiger partial charge in [0.1, 0.15) is 18.1 Å². The van der Waals surface area contributed by atoms with Gasteiger partial charge in [0.15, 0.2) is 0 Å². The molecule has 0 unspecified atom stereocenters. The van der Waals surface area contributed by atoms with Crippen LogP contribution in [0.3, 0.4) is 0 Å². The zero-order valence-corrected chi connectivity index (χ0v) is 18.8. The van der Waals surface area contributed by atoms with Crippen molar-refractivity contribution in [2.75, 3.05) is 19.8 Å². The number of hydrogen-bond donors (Lipinski definition) is 1. The number of ether oxygens (including phenoxy) is 2. The number of ketones is 1. The van der Waals surface area contributed by atoms with Crippen LogP contribution in [0.4, 0.5) is 0 Å². The molecule has 33 heavy (non-hydrogen) atoms. The molecule has 1 amide bonds.